The van der Waals surface area contributed by atoms with E-state index in [9.17, 15) is 4.79 Å². The number of hydrogen-bond donors (Lipinski definition) is 1. The van der Waals surface area contributed by atoms with Gasteiger partial charge in [0.25, 0.3) is 0 Å². The van der Waals surface area contributed by atoms with Crippen molar-refractivity contribution in [2.45, 2.75) is 38.1 Å². The fourth-order valence-corrected chi connectivity index (χ4v) is 5.24. The van der Waals surface area contributed by atoms with E-state index in [1.54, 1.807) is 7.11 Å². The van der Waals surface area contributed by atoms with E-state index < -0.39 is 0 Å². The molecule has 0 fully saturated rings. The zero-order valence-corrected chi connectivity index (χ0v) is 19.3. The number of nitrogens with zero attached hydrogens (tertiary/aromatic N) is 1. The number of ketones is 1. The van der Waals surface area contributed by atoms with Crippen LogP contribution in [0.3, 0.4) is 0 Å². The van der Waals surface area contributed by atoms with Gasteiger partial charge in [0.2, 0.25) is 0 Å². The molecule has 0 bridgehead atoms. The van der Waals surface area contributed by atoms with Gasteiger partial charge in [0.15, 0.2) is 5.78 Å². The van der Waals surface area contributed by atoms with Crippen molar-refractivity contribution < 1.29 is 9.53 Å². The molecule has 4 nitrogen and oxygen atoms in total. The zero-order chi connectivity index (χ0) is 22.8. The third-order valence-corrected chi connectivity index (χ3v) is 6.76. The van der Waals surface area contributed by atoms with Crippen LogP contribution in [0, 0.1) is 0 Å². The lowest BCUT2D eigenvalue weighted by Gasteiger charge is -2.36. The fourth-order valence-electron chi connectivity index (χ4n) is 5.24. The first-order valence-corrected chi connectivity index (χ1v) is 11.8. The number of rotatable bonds is 5. The van der Waals surface area contributed by atoms with E-state index in [4.69, 9.17) is 4.74 Å². The number of methoxy groups -OCH3 is 1. The molecule has 0 saturated carbocycles. The Morgan fingerprint density at radius 3 is 2.36 bits per heavy atom. The third-order valence-electron chi connectivity index (χ3n) is 6.76. The van der Waals surface area contributed by atoms with Crippen LogP contribution >= 0.6 is 0 Å². The van der Waals surface area contributed by atoms with Gasteiger partial charge in [-0.1, -0.05) is 61.5 Å². The summed E-state index contributed by atoms with van der Waals surface area (Å²) < 4.78 is 5.40. The predicted octanol–water partition coefficient (Wildman–Crippen LogP) is 6.48. The molecule has 0 spiro atoms. The van der Waals surface area contributed by atoms with Crippen LogP contribution in [-0.4, -0.2) is 19.4 Å². The normalized spacial score (nSPS) is 19.9. The van der Waals surface area contributed by atoms with Gasteiger partial charge in [-0.3, -0.25) is 4.79 Å². The van der Waals surface area contributed by atoms with Crippen molar-refractivity contribution in [1.29, 1.82) is 0 Å². The lowest BCUT2D eigenvalue weighted by atomic mass is 9.78. The number of anilines is 2. The van der Waals surface area contributed by atoms with E-state index in [0.717, 1.165) is 53.3 Å². The second kappa shape index (κ2) is 9.14. The molecule has 4 heteroatoms. The Labute approximate surface area is 195 Å². The highest BCUT2D eigenvalue weighted by atomic mass is 16.5. The Morgan fingerprint density at radius 2 is 1.64 bits per heavy atom. The summed E-state index contributed by atoms with van der Waals surface area (Å²) in [7, 11) is 1.68. The Hall–Kier alpha value is -3.53. The molecule has 1 aliphatic carbocycles. The molecule has 2 aliphatic rings. The highest BCUT2D eigenvalue weighted by molar-refractivity contribution is 6.01. The largest absolute Gasteiger partial charge is 0.497 e. The molecule has 1 aliphatic heterocycles. The number of benzene rings is 3. The van der Waals surface area contributed by atoms with E-state index >= 15 is 0 Å². The van der Waals surface area contributed by atoms with Crippen LogP contribution in [0.4, 0.5) is 11.4 Å². The first kappa shape index (κ1) is 21.3. The minimum atomic E-state index is -0.133. The molecule has 2 atom stereocenters. The summed E-state index contributed by atoms with van der Waals surface area (Å²) in [5, 5.41) is 3.69. The average Bonchev–Trinajstić information content (AvgIpc) is 2.99. The summed E-state index contributed by atoms with van der Waals surface area (Å²) in [6.07, 6.45) is 2.35. The molecule has 0 aromatic heterocycles. The van der Waals surface area contributed by atoms with Gasteiger partial charge in [-0.2, -0.15) is 0 Å². The minimum Gasteiger partial charge on any atom is -0.497 e. The minimum absolute atomic E-state index is 0.133. The molecule has 1 N–H and O–H groups in total. The van der Waals surface area contributed by atoms with Gasteiger partial charge in [-0.15, -0.1) is 0 Å². The monoisotopic (exact) mass is 438 g/mol. The lowest BCUT2D eigenvalue weighted by Crippen LogP contribution is -2.34. The highest BCUT2D eigenvalue weighted by Crippen LogP contribution is 2.47. The Morgan fingerprint density at radius 1 is 0.909 bits per heavy atom. The van der Waals surface area contributed by atoms with Crippen molar-refractivity contribution in [3.05, 3.63) is 101 Å². The molecule has 0 amide bonds. The van der Waals surface area contributed by atoms with Crippen LogP contribution in [0.25, 0.3) is 0 Å². The summed E-state index contributed by atoms with van der Waals surface area (Å²) in [4.78, 5) is 16.2. The van der Waals surface area contributed by atoms with Gasteiger partial charge in [0.1, 0.15) is 5.75 Å². The molecule has 5 rings (SSSR count). The van der Waals surface area contributed by atoms with Crippen molar-refractivity contribution in [2.75, 3.05) is 23.9 Å². The second-order valence-corrected chi connectivity index (χ2v) is 8.84. The van der Waals surface area contributed by atoms with Crippen LogP contribution < -0.4 is 15.0 Å². The molecule has 1 heterocycles. The average molecular weight is 439 g/mol. The van der Waals surface area contributed by atoms with Crippen LogP contribution in [0.15, 0.2) is 90.1 Å². The number of nitrogens with one attached hydrogen (secondary N) is 1. The number of carbonyl (C=O) groups excluding carboxylic acids is 1. The van der Waals surface area contributed by atoms with Crippen molar-refractivity contribution >= 4 is 17.2 Å². The summed E-state index contributed by atoms with van der Waals surface area (Å²) in [6.45, 7) is 3.05. The number of allylic oxidation sites excluding steroid dienone is 1. The predicted molar refractivity (Wildman–Crippen MR) is 134 cm³/mol. The van der Waals surface area contributed by atoms with E-state index in [0.29, 0.717) is 6.42 Å². The molecule has 168 valence electrons. The zero-order valence-electron chi connectivity index (χ0n) is 19.3. The quantitative estimate of drug-likeness (QED) is 0.495. The van der Waals surface area contributed by atoms with Crippen molar-refractivity contribution in [3.8, 4) is 5.75 Å². The third kappa shape index (κ3) is 4.02. The topological polar surface area (TPSA) is 41.6 Å². The maximum absolute atomic E-state index is 13.8. The number of fused-ring (bicyclic) bond motifs is 1. The van der Waals surface area contributed by atoms with Crippen molar-refractivity contribution in [1.82, 2.24) is 0 Å². The standard InChI is InChI=1S/C29H30N2O2/c1-3-17-31-26-12-8-7-11-24(26)30-25-18-22(20-9-5-4-6-10-20)19-27(32)28(25)29(31)21-13-15-23(33-2)16-14-21/h4-16,22,29-30H,3,17-19H2,1-2H3. The summed E-state index contributed by atoms with van der Waals surface area (Å²) >= 11 is 0. The maximum Gasteiger partial charge on any atom is 0.163 e. The molecular weight excluding hydrogens is 408 g/mol. The molecule has 2 unspecified atom stereocenters. The van der Waals surface area contributed by atoms with Gasteiger partial charge < -0.3 is 15.0 Å². The van der Waals surface area contributed by atoms with Gasteiger partial charge in [-0.05, 0) is 54.2 Å². The van der Waals surface area contributed by atoms with Gasteiger partial charge in [0.05, 0.1) is 24.5 Å². The summed E-state index contributed by atoms with van der Waals surface area (Å²) in [5.74, 6) is 1.24. The first-order valence-electron chi connectivity index (χ1n) is 11.8. The van der Waals surface area contributed by atoms with Crippen LogP contribution in [0.1, 0.15) is 49.3 Å². The molecular formula is C29H30N2O2. The second-order valence-electron chi connectivity index (χ2n) is 8.84. The van der Waals surface area contributed by atoms with E-state index in [1.165, 1.54) is 5.56 Å². The fraction of sp³-hybridized carbons (Fsp3) is 0.276. The van der Waals surface area contributed by atoms with Crippen molar-refractivity contribution in [2.24, 2.45) is 0 Å². The van der Waals surface area contributed by atoms with Gasteiger partial charge >= 0.3 is 0 Å². The maximum atomic E-state index is 13.8. The van der Waals surface area contributed by atoms with E-state index in [2.05, 4.69) is 77.8 Å². The lowest BCUT2D eigenvalue weighted by molar-refractivity contribution is -0.116. The number of ether oxygens (including phenoxy) is 1. The molecule has 3 aromatic carbocycles. The van der Waals surface area contributed by atoms with Crippen LogP contribution in [0.2, 0.25) is 0 Å². The van der Waals surface area contributed by atoms with Crippen LogP contribution in [-0.2, 0) is 4.79 Å². The van der Waals surface area contributed by atoms with E-state index in [-0.39, 0.29) is 17.7 Å². The number of Topliss-reactive ketones (excluding diaryl/α,β-unsaturated/α-hetero) is 1. The Balaban J connectivity index is 1.67. The van der Waals surface area contributed by atoms with Gasteiger partial charge in [0, 0.05) is 24.2 Å². The molecule has 3 aromatic rings. The number of hydrogen-bond acceptors (Lipinski definition) is 4. The molecule has 0 radical (unpaired) electrons. The molecule has 33 heavy (non-hydrogen) atoms. The van der Waals surface area contributed by atoms with E-state index in [1.807, 2.05) is 18.2 Å². The van der Waals surface area contributed by atoms with Crippen molar-refractivity contribution in [3.63, 3.8) is 0 Å². The summed E-state index contributed by atoms with van der Waals surface area (Å²) in [6, 6.07) is 26.9. The smallest absolute Gasteiger partial charge is 0.163 e. The Bertz CT molecular complexity index is 1170. The number of para-hydroxylation sites is 2. The SMILES string of the molecule is CCCN1c2ccccc2NC2=C(C(=O)CC(c3ccccc3)C2)C1c1ccc(OC)cc1. The highest BCUT2D eigenvalue weighted by Gasteiger charge is 2.39. The molecule has 0 saturated heterocycles. The van der Waals surface area contributed by atoms with Crippen LogP contribution in [0.5, 0.6) is 5.75 Å². The number of carbonyl (C=O) groups is 1. The first-order chi connectivity index (χ1) is 16.2. The summed E-state index contributed by atoms with van der Waals surface area (Å²) in [5.41, 5.74) is 6.49. The van der Waals surface area contributed by atoms with Gasteiger partial charge in [-0.25, -0.2) is 0 Å². The Kier molecular flexibility index (Phi) is 5.91.